The molecule has 0 saturated heterocycles. The third-order valence-corrected chi connectivity index (χ3v) is 3.14. The highest BCUT2D eigenvalue weighted by Crippen LogP contribution is 2.17. The average Bonchev–Trinajstić information content (AvgIpc) is 2.53. The van der Waals surface area contributed by atoms with Gasteiger partial charge in [-0.15, -0.1) is 0 Å². The molecule has 0 aromatic heterocycles. The number of halogens is 1. The molecule has 0 saturated carbocycles. The molecule has 0 radical (unpaired) electrons. The lowest BCUT2D eigenvalue weighted by Crippen LogP contribution is -2.22. The molecule has 0 aliphatic rings. The van der Waals surface area contributed by atoms with E-state index in [4.69, 9.17) is 4.74 Å². The molecule has 0 atom stereocenters. The van der Waals surface area contributed by atoms with E-state index in [1.165, 1.54) is 26.2 Å². The molecule has 2 rings (SSSR count). The molecule has 5 nitrogen and oxygen atoms in total. The molecule has 23 heavy (non-hydrogen) atoms. The second kappa shape index (κ2) is 7.40. The van der Waals surface area contributed by atoms with Gasteiger partial charge in [0.25, 0.3) is 5.91 Å². The number of hydrogen-bond acceptors (Lipinski definition) is 3. The Balaban J connectivity index is 1.96. The monoisotopic (exact) mass is 316 g/mol. The first-order valence-corrected chi connectivity index (χ1v) is 6.98. The SMILES string of the molecule is COc1ccc(CNC(=O)c2ccc(NC(C)=O)cc2)cc1F. The van der Waals surface area contributed by atoms with Crippen molar-refractivity contribution in [2.75, 3.05) is 12.4 Å². The number of hydrogen-bond donors (Lipinski definition) is 2. The Kier molecular flexibility index (Phi) is 5.30. The van der Waals surface area contributed by atoms with E-state index < -0.39 is 5.82 Å². The molecule has 6 heteroatoms. The van der Waals surface area contributed by atoms with Crippen LogP contribution < -0.4 is 15.4 Å². The third kappa shape index (κ3) is 4.54. The zero-order valence-electron chi connectivity index (χ0n) is 12.9. The molecular weight excluding hydrogens is 299 g/mol. The largest absolute Gasteiger partial charge is 0.494 e. The third-order valence-electron chi connectivity index (χ3n) is 3.14. The summed E-state index contributed by atoms with van der Waals surface area (Å²) >= 11 is 0. The minimum atomic E-state index is -0.473. The summed E-state index contributed by atoms with van der Waals surface area (Å²) < 4.78 is 18.4. The van der Waals surface area contributed by atoms with E-state index in [0.29, 0.717) is 16.8 Å². The van der Waals surface area contributed by atoms with Gasteiger partial charge in [0.15, 0.2) is 11.6 Å². The van der Waals surface area contributed by atoms with Crippen LogP contribution in [0.1, 0.15) is 22.8 Å². The summed E-state index contributed by atoms with van der Waals surface area (Å²) in [6.45, 7) is 1.61. The second-order valence-corrected chi connectivity index (χ2v) is 4.91. The molecule has 2 N–H and O–H groups in total. The van der Waals surface area contributed by atoms with Gasteiger partial charge in [-0.3, -0.25) is 9.59 Å². The Morgan fingerprint density at radius 2 is 1.83 bits per heavy atom. The highest BCUT2D eigenvalue weighted by Gasteiger charge is 2.07. The maximum Gasteiger partial charge on any atom is 0.251 e. The lowest BCUT2D eigenvalue weighted by atomic mass is 10.1. The standard InChI is InChI=1S/C17H17FN2O3/c1-11(21)20-14-6-4-13(5-7-14)17(22)19-10-12-3-8-16(23-2)15(18)9-12/h3-9H,10H2,1-2H3,(H,19,22)(H,20,21). The van der Waals surface area contributed by atoms with Crippen molar-refractivity contribution in [1.29, 1.82) is 0 Å². The van der Waals surface area contributed by atoms with Crippen LogP contribution in [0.15, 0.2) is 42.5 Å². The fraction of sp³-hybridized carbons (Fsp3) is 0.176. The first kappa shape index (κ1) is 16.5. The summed E-state index contributed by atoms with van der Waals surface area (Å²) in [6.07, 6.45) is 0. The Morgan fingerprint density at radius 3 is 2.39 bits per heavy atom. The molecular formula is C17H17FN2O3. The van der Waals surface area contributed by atoms with Crippen molar-refractivity contribution in [2.24, 2.45) is 0 Å². The van der Waals surface area contributed by atoms with Crippen LogP contribution in [0.5, 0.6) is 5.75 Å². The van der Waals surface area contributed by atoms with Gasteiger partial charge in [0.1, 0.15) is 0 Å². The van der Waals surface area contributed by atoms with Gasteiger partial charge in [0, 0.05) is 24.7 Å². The van der Waals surface area contributed by atoms with Gasteiger partial charge in [0.2, 0.25) is 5.91 Å². The Hall–Kier alpha value is -2.89. The number of amides is 2. The topological polar surface area (TPSA) is 67.4 Å². The van der Waals surface area contributed by atoms with Crippen LogP contribution in [0, 0.1) is 5.82 Å². The number of carbonyl (C=O) groups is 2. The molecule has 0 heterocycles. The lowest BCUT2D eigenvalue weighted by Gasteiger charge is -2.08. The van der Waals surface area contributed by atoms with E-state index in [0.717, 1.165) is 0 Å². The lowest BCUT2D eigenvalue weighted by molar-refractivity contribution is -0.114. The van der Waals surface area contributed by atoms with Crippen LogP contribution in [0.2, 0.25) is 0 Å². The maximum absolute atomic E-state index is 13.6. The summed E-state index contributed by atoms with van der Waals surface area (Å²) in [5, 5.41) is 5.33. The number of methoxy groups -OCH3 is 1. The van der Waals surface area contributed by atoms with Gasteiger partial charge < -0.3 is 15.4 Å². The molecule has 2 amide bonds. The van der Waals surface area contributed by atoms with Gasteiger partial charge in [-0.25, -0.2) is 4.39 Å². The number of anilines is 1. The quantitative estimate of drug-likeness (QED) is 0.891. The number of carbonyl (C=O) groups excluding carboxylic acids is 2. The minimum absolute atomic E-state index is 0.161. The second-order valence-electron chi connectivity index (χ2n) is 4.91. The van der Waals surface area contributed by atoms with Crippen molar-refractivity contribution in [3.05, 3.63) is 59.4 Å². The van der Waals surface area contributed by atoms with Crippen molar-refractivity contribution in [3.8, 4) is 5.75 Å². The summed E-state index contributed by atoms with van der Waals surface area (Å²) in [5.74, 6) is -0.771. The van der Waals surface area contributed by atoms with Crippen LogP contribution in [0.3, 0.4) is 0 Å². The van der Waals surface area contributed by atoms with E-state index in [1.54, 1.807) is 30.3 Å². The minimum Gasteiger partial charge on any atom is -0.494 e. The van der Waals surface area contributed by atoms with Crippen molar-refractivity contribution >= 4 is 17.5 Å². The predicted octanol–water partition coefficient (Wildman–Crippen LogP) is 2.72. The summed E-state index contributed by atoms with van der Waals surface area (Å²) in [4.78, 5) is 23.0. The van der Waals surface area contributed by atoms with E-state index in [9.17, 15) is 14.0 Å². The molecule has 2 aromatic rings. The van der Waals surface area contributed by atoms with Crippen molar-refractivity contribution in [3.63, 3.8) is 0 Å². The van der Waals surface area contributed by atoms with Crippen LogP contribution in [-0.4, -0.2) is 18.9 Å². The van der Waals surface area contributed by atoms with Crippen molar-refractivity contribution in [1.82, 2.24) is 5.32 Å². The zero-order chi connectivity index (χ0) is 16.8. The molecule has 0 fully saturated rings. The molecule has 120 valence electrons. The van der Waals surface area contributed by atoms with Crippen molar-refractivity contribution in [2.45, 2.75) is 13.5 Å². The van der Waals surface area contributed by atoms with Gasteiger partial charge in [-0.05, 0) is 42.0 Å². The molecule has 0 aliphatic heterocycles. The molecule has 0 bridgehead atoms. The first-order valence-electron chi connectivity index (χ1n) is 6.98. The normalized spacial score (nSPS) is 10.0. The summed E-state index contributed by atoms with van der Waals surface area (Å²) in [6, 6.07) is 11.0. The maximum atomic E-state index is 13.6. The molecule has 0 spiro atoms. The Bertz CT molecular complexity index is 714. The molecule has 2 aromatic carbocycles. The fourth-order valence-corrected chi connectivity index (χ4v) is 2.01. The molecule has 0 unspecified atom stereocenters. The van der Waals surface area contributed by atoms with E-state index in [-0.39, 0.29) is 24.1 Å². The van der Waals surface area contributed by atoms with Crippen LogP contribution in [0.25, 0.3) is 0 Å². The fourth-order valence-electron chi connectivity index (χ4n) is 2.01. The number of nitrogens with one attached hydrogen (secondary N) is 2. The number of ether oxygens (including phenoxy) is 1. The predicted molar refractivity (Wildman–Crippen MR) is 84.9 cm³/mol. The van der Waals surface area contributed by atoms with Crippen LogP contribution in [0.4, 0.5) is 10.1 Å². The highest BCUT2D eigenvalue weighted by molar-refractivity contribution is 5.95. The Labute approximate surface area is 133 Å². The smallest absolute Gasteiger partial charge is 0.251 e. The summed E-state index contributed by atoms with van der Waals surface area (Å²) in [7, 11) is 1.39. The van der Waals surface area contributed by atoms with Gasteiger partial charge >= 0.3 is 0 Å². The number of benzene rings is 2. The highest BCUT2D eigenvalue weighted by atomic mass is 19.1. The van der Waals surface area contributed by atoms with Crippen molar-refractivity contribution < 1.29 is 18.7 Å². The van der Waals surface area contributed by atoms with Crippen LogP contribution in [-0.2, 0) is 11.3 Å². The summed E-state index contributed by atoms with van der Waals surface area (Å²) in [5.41, 5.74) is 1.70. The van der Waals surface area contributed by atoms with E-state index in [2.05, 4.69) is 10.6 Å². The average molecular weight is 316 g/mol. The van der Waals surface area contributed by atoms with E-state index >= 15 is 0 Å². The van der Waals surface area contributed by atoms with Crippen LogP contribution >= 0.6 is 0 Å². The first-order chi connectivity index (χ1) is 11.0. The number of rotatable bonds is 5. The zero-order valence-corrected chi connectivity index (χ0v) is 12.9. The van der Waals surface area contributed by atoms with Gasteiger partial charge in [0.05, 0.1) is 7.11 Å². The van der Waals surface area contributed by atoms with Gasteiger partial charge in [-0.2, -0.15) is 0 Å². The van der Waals surface area contributed by atoms with Gasteiger partial charge in [-0.1, -0.05) is 6.07 Å². The molecule has 0 aliphatic carbocycles. The van der Waals surface area contributed by atoms with E-state index in [1.807, 2.05) is 0 Å². The Morgan fingerprint density at radius 1 is 1.13 bits per heavy atom.